The number of nitrogens with one attached hydrogen (secondary N) is 1. The van der Waals surface area contributed by atoms with Crippen LogP contribution in [0.4, 0.5) is 0 Å². The Morgan fingerprint density at radius 3 is 2.55 bits per heavy atom. The summed E-state index contributed by atoms with van der Waals surface area (Å²) in [6.45, 7) is 2.67. The van der Waals surface area contributed by atoms with E-state index >= 15 is 0 Å². The van der Waals surface area contributed by atoms with E-state index in [9.17, 15) is 4.79 Å². The lowest BCUT2D eigenvalue weighted by Crippen LogP contribution is -2.38. The molecule has 0 unspecified atom stereocenters. The highest BCUT2D eigenvalue weighted by molar-refractivity contribution is 5.83. The number of methoxy groups -OCH3 is 1. The lowest BCUT2D eigenvalue weighted by Gasteiger charge is -2.33. The molecule has 198 valence electrons. The average molecular weight is 517 g/mol. The van der Waals surface area contributed by atoms with E-state index in [0.717, 1.165) is 40.9 Å². The second-order valence-corrected chi connectivity index (χ2v) is 10.0. The number of pyridine rings is 1. The molecule has 1 fully saturated rings. The maximum absolute atomic E-state index is 13.2. The first-order valence-corrected chi connectivity index (χ1v) is 13.2. The topological polar surface area (TPSA) is 107 Å². The Balaban J connectivity index is 1.27. The van der Waals surface area contributed by atoms with Crippen LogP contribution in [0.15, 0.2) is 47.3 Å². The summed E-state index contributed by atoms with van der Waals surface area (Å²) in [5.41, 5.74) is 2.46. The fourth-order valence-electron chi connectivity index (χ4n) is 5.43. The van der Waals surface area contributed by atoms with E-state index in [2.05, 4.69) is 25.4 Å². The summed E-state index contributed by atoms with van der Waals surface area (Å²) in [4.78, 5) is 18.6. The van der Waals surface area contributed by atoms with Gasteiger partial charge in [-0.15, -0.1) is 5.10 Å². The molecule has 0 saturated heterocycles. The smallest absolute Gasteiger partial charge is 0.252 e. The van der Waals surface area contributed by atoms with Crippen LogP contribution >= 0.6 is 0 Å². The zero-order valence-electron chi connectivity index (χ0n) is 21.6. The van der Waals surface area contributed by atoms with Crippen LogP contribution in [0.3, 0.4) is 0 Å². The molecule has 0 amide bonds. The zero-order chi connectivity index (χ0) is 25.9. The number of tetrazole rings is 1. The first-order valence-electron chi connectivity index (χ1n) is 13.2. The Hall–Kier alpha value is -3.92. The van der Waals surface area contributed by atoms with Gasteiger partial charge in [0.05, 0.1) is 25.7 Å². The van der Waals surface area contributed by atoms with Crippen molar-refractivity contribution in [1.82, 2.24) is 30.1 Å². The molecule has 0 radical (unpaired) electrons. The minimum absolute atomic E-state index is 0.0900. The highest BCUT2D eigenvalue weighted by Gasteiger charge is 2.25. The van der Waals surface area contributed by atoms with Gasteiger partial charge >= 0.3 is 0 Å². The highest BCUT2D eigenvalue weighted by atomic mass is 16.6. The second-order valence-electron chi connectivity index (χ2n) is 10.0. The van der Waals surface area contributed by atoms with Gasteiger partial charge in [-0.1, -0.05) is 31.4 Å². The molecule has 0 spiro atoms. The van der Waals surface area contributed by atoms with Gasteiger partial charge in [0, 0.05) is 29.6 Å². The van der Waals surface area contributed by atoms with E-state index in [1.54, 1.807) is 7.11 Å². The molecule has 1 aliphatic carbocycles. The van der Waals surface area contributed by atoms with Crippen molar-refractivity contribution < 1.29 is 14.2 Å². The van der Waals surface area contributed by atoms with Gasteiger partial charge in [-0.25, -0.2) is 4.68 Å². The van der Waals surface area contributed by atoms with Crippen LogP contribution in [0.2, 0.25) is 0 Å². The summed E-state index contributed by atoms with van der Waals surface area (Å²) in [6.07, 6.45) is 5.84. The number of hydrogen-bond acceptors (Lipinski definition) is 8. The molecular weight excluding hydrogens is 484 g/mol. The molecule has 10 heteroatoms. The monoisotopic (exact) mass is 516 g/mol. The molecule has 4 aromatic rings. The third-order valence-electron chi connectivity index (χ3n) is 7.49. The minimum atomic E-state index is -0.0900. The quantitative estimate of drug-likeness (QED) is 0.378. The Morgan fingerprint density at radius 2 is 1.79 bits per heavy atom. The lowest BCUT2D eigenvalue weighted by molar-refractivity contribution is 0.134. The summed E-state index contributed by atoms with van der Waals surface area (Å²) >= 11 is 0. The van der Waals surface area contributed by atoms with E-state index in [0.29, 0.717) is 56.0 Å². The Bertz CT molecular complexity index is 1460. The number of nitrogens with zero attached hydrogens (tertiary/aromatic N) is 5. The van der Waals surface area contributed by atoms with Gasteiger partial charge in [-0.05, 0) is 53.1 Å². The molecule has 1 saturated carbocycles. The molecule has 38 heavy (non-hydrogen) atoms. The summed E-state index contributed by atoms with van der Waals surface area (Å²) < 4.78 is 18.6. The van der Waals surface area contributed by atoms with Crippen molar-refractivity contribution in [3.63, 3.8) is 0 Å². The molecule has 6 rings (SSSR count). The van der Waals surface area contributed by atoms with Crippen LogP contribution < -0.4 is 19.8 Å². The molecule has 2 aliphatic rings. The Morgan fingerprint density at radius 1 is 1.03 bits per heavy atom. The third kappa shape index (κ3) is 5.22. The van der Waals surface area contributed by atoms with Crippen LogP contribution in [0.1, 0.15) is 49.1 Å². The highest BCUT2D eigenvalue weighted by Crippen LogP contribution is 2.34. The van der Waals surface area contributed by atoms with Crippen LogP contribution in [0.5, 0.6) is 17.2 Å². The van der Waals surface area contributed by atoms with Crippen LogP contribution in [-0.2, 0) is 19.6 Å². The van der Waals surface area contributed by atoms with Crippen molar-refractivity contribution >= 4 is 10.9 Å². The molecule has 1 aliphatic heterocycles. The lowest BCUT2D eigenvalue weighted by atomic mass is 9.93. The third-order valence-corrected chi connectivity index (χ3v) is 7.49. The maximum atomic E-state index is 13.2. The van der Waals surface area contributed by atoms with Crippen molar-refractivity contribution in [2.75, 3.05) is 20.3 Å². The molecule has 2 aromatic carbocycles. The summed E-state index contributed by atoms with van der Waals surface area (Å²) in [5.74, 6) is 2.97. The van der Waals surface area contributed by atoms with E-state index < -0.39 is 0 Å². The number of hydrogen-bond donors (Lipinski definition) is 1. The SMILES string of the molecule is COc1ccc(Cn2nnnc2CN(Cc2cc3cc4c(cc3[nH]c2=O)OCCO4)C2CCCCC2)cc1. The van der Waals surface area contributed by atoms with Gasteiger partial charge in [-0.3, -0.25) is 9.69 Å². The number of ether oxygens (including phenoxy) is 3. The van der Waals surface area contributed by atoms with Crippen molar-refractivity contribution in [3.05, 3.63) is 69.8 Å². The molecule has 1 N–H and O–H groups in total. The fourth-order valence-corrected chi connectivity index (χ4v) is 5.43. The standard InChI is InChI=1S/C28H32N6O4/c1-36-23-9-7-19(8-10-23)16-34-27(30-31-32-34)18-33(22-5-3-2-4-6-22)17-21-13-20-14-25-26(38-12-11-37-25)15-24(20)29-28(21)35/h7-10,13-15,22H,2-6,11-12,16-18H2,1H3,(H,29,35). The summed E-state index contributed by atoms with van der Waals surface area (Å²) in [7, 11) is 1.66. The number of aromatic amines is 1. The van der Waals surface area contributed by atoms with E-state index in [1.165, 1.54) is 19.3 Å². The van der Waals surface area contributed by atoms with E-state index in [4.69, 9.17) is 14.2 Å². The first kappa shape index (κ1) is 24.4. The van der Waals surface area contributed by atoms with Crippen molar-refractivity contribution in [2.24, 2.45) is 0 Å². The van der Waals surface area contributed by atoms with Gasteiger partial charge in [0.1, 0.15) is 19.0 Å². The zero-order valence-corrected chi connectivity index (χ0v) is 21.6. The van der Waals surface area contributed by atoms with Gasteiger partial charge < -0.3 is 19.2 Å². The number of H-pyrrole nitrogens is 1. The van der Waals surface area contributed by atoms with Crippen LogP contribution in [0.25, 0.3) is 10.9 Å². The number of benzene rings is 2. The summed E-state index contributed by atoms with van der Waals surface area (Å²) in [6, 6.07) is 14.1. The minimum Gasteiger partial charge on any atom is -0.497 e. The Labute approximate surface area is 220 Å². The van der Waals surface area contributed by atoms with E-state index in [1.807, 2.05) is 47.1 Å². The molecular formula is C28H32N6O4. The predicted octanol–water partition coefficient (Wildman–Crippen LogP) is 3.68. The molecule has 0 atom stereocenters. The predicted molar refractivity (Wildman–Crippen MR) is 142 cm³/mol. The normalized spacial score (nSPS) is 15.7. The number of rotatable bonds is 8. The molecule has 10 nitrogen and oxygen atoms in total. The van der Waals surface area contributed by atoms with Crippen molar-refractivity contribution in [1.29, 1.82) is 0 Å². The van der Waals surface area contributed by atoms with Crippen LogP contribution in [-0.4, -0.2) is 56.5 Å². The fraction of sp³-hybridized carbons (Fsp3) is 0.429. The van der Waals surface area contributed by atoms with Crippen molar-refractivity contribution in [2.45, 2.75) is 57.8 Å². The van der Waals surface area contributed by atoms with Gasteiger partial charge in [0.15, 0.2) is 17.3 Å². The summed E-state index contributed by atoms with van der Waals surface area (Å²) in [5, 5.41) is 13.5. The maximum Gasteiger partial charge on any atom is 0.252 e. The first-order chi connectivity index (χ1) is 18.7. The average Bonchev–Trinajstić information content (AvgIpc) is 3.39. The van der Waals surface area contributed by atoms with Crippen molar-refractivity contribution in [3.8, 4) is 17.2 Å². The number of fused-ring (bicyclic) bond motifs is 2. The molecule has 2 aromatic heterocycles. The second kappa shape index (κ2) is 10.8. The molecule has 0 bridgehead atoms. The number of aromatic nitrogens is 5. The van der Waals surface area contributed by atoms with Gasteiger partial charge in [-0.2, -0.15) is 0 Å². The molecule has 3 heterocycles. The van der Waals surface area contributed by atoms with Crippen LogP contribution in [0, 0.1) is 0 Å². The largest absolute Gasteiger partial charge is 0.497 e. The van der Waals surface area contributed by atoms with E-state index in [-0.39, 0.29) is 5.56 Å². The van der Waals surface area contributed by atoms with Gasteiger partial charge in [0.2, 0.25) is 0 Å². The Kier molecular flexibility index (Phi) is 6.96. The van der Waals surface area contributed by atoms with Gasteiger partial charge in [0.25, 0.3) is 5.56 Å².